The van der Waals surface area contributed by atoms with E-state index in [4.69, 9.17) is 5.73 Å². The maximum absolute atomic E-state index is 12.7. The number of nitrogens with two attached hydrogens (primary N) is 1. The molecule has 6 heteroatoms. The monoisotopic (exact) mass is 379 g/mol. The standard InChI is InChI=1S/C20H29N3O2.ClH/c21-19(17-9-2-1-3-10-17)20(25)23-12-6-11-22(13-14-23)18(24)15-16-7-4-5-8-16;/h1-3,9-10,16,19H,4-8,11-15,21H2;1H. The largest absolute Gasteiger partial charge is 0.341 e. The van der Waals surface area contributed by atoms with Crippen LogP contribution in [0.15, 0.2) is 30.3 Å². The van der Waals surface area contributed by atoms with Gasteiger partial charge in [-0.15, -0.1) is 12.4 Å². The normalized spacial score (nSPS) is 19.6. The van der Waals surface area contributed by atoms with Crippen molar-refractivity contribution in [3.8, 4) is 0 Å². The molecule has 0 bridgehead atoms. The van der Waals surface area contributed by atoms with Crippen LogP contribution < -0.4 is 5.73 Å². The van der Waals surface area contributed by atoms with Crippen LogP contribution in [0.4, 0.5) is 0 Å². The van der Waals surface area contributed by atoms with Crippen molar-refractivity contribution < 1.29 is 9.59 Å². The van der Waals surface area contributed by atoms with Gasteiger partial charge in [0, 0.05) is 32.6 Å². The number of rotatable bonds is 4. The van der Waals surface area contributed by atoms with Crippen LogP contribution in [0.25, 0.3) is 0 Å². The second-order valence-electron chi connectivity index (χ2n) is 7.30. The summed E-state index contributed by atoms with van der Waals surface area (Å²) in [4.78, 5) is 29.0. The Hall–Kier alpha value is -1.59. The Balaban J connectivity index is 0.00000243. The van der Waals surface area contributed by atoms with Crippen LogP contribution in [-0.4, -0.2) is 47.8 Å². The van der Waals surface area contributed by atoms with E-state index in [0.717, 1.165) is 18.5 Å². The Bertz CT molecular complexity index is 590. The third kappa shape index (κ3) is 5.21. The van der Waals surface area contributed by atoms with Gasteiger partial charge in [-0.05, 0) is 30.7 Å². The van der Waals surface area contributed by atoms with E-state index >= 15 is 0 Å². The molecule has 1 saturated carbocycles. The topological polar surface area (TPSA) is 66.6 Å². The lowest BCUT2D eigenvalue weighted by Gasteiger charge is -2.25. The van der Waals surface area contributed by atoms with E-state index in [-0.39, 0.29) is 24.2 Å². The van der Waals surface area contributed by atoms with Gasteiger partial charge in [-0.3, -0.25) is 9.59 Å². The molecule has 1 aliphatic carbocycles. The molecule has 2 N–H and O–H groups in total. The Morgan fingerprint density at radius 3 is 2.27 bits per heavy atom. The van der Waals surface area contributed by atoms with Gasteiger partial charge in [0.25, 0.3) is 0 Å². The van der Waals surface area contributed by atoms with E-state index in [1.54, 1.807) is 0 Å². The zero-order valence-electron chi connectivity index (χ0n) is 15.3. The van der Waals surface area contributed by atoms with Crippen LogP contribution in [0.1, 0.15) is 50.1 Å². The van der Waals surface area contributed by atoms with Gasteiger partial charge in [0.15, 0.2) is 0 Å². The van der Waals surface area contributed by atoms with Gasteiger partial charge >= 0.3 is 0 Å². The predicted molar refractivity (Wildman–Crippen MR) is 105 cm³/mol. The number of nitrogens with zero attached hydrogens (tertiary/aromatic N) is 2. The van der Waals surface area contributed by atoms with Crippen LogP contribution in [0.2, 0.25) is 0 Å². The van der Waals surface area contributed by atoms with Gasteiger partial charge in [-0.2, -0.15) is 0 Å². The average Bonchev–Trinajstić information content (AvgIpc) is 3.02. The third-order valence-electron chi connectivity index (χ3n) is 5.52. The van der Waals surface area contributed by atoms with Gasteiger partial charge in [-0.25, -0.2) is 0 Å². The molecule has 0 aromatic heterocycles. The summed E-state index contributed by atoms with van der Waals surface area (Å²) in [5, 5.41) is 0. The van der Waals surface area contributed by atoms with Gasteiger partial charge in [0.05, 0.1) is 0 Å². The molecule has 2 aliphatic rings. The first kappa shape index (κ1) is 20.7. The molecule has 1 aliphatic heterocycles. The minimum absolute atomic E-state index is 0. The van der Waals surface area contributed by atoms with Crippen molar-refractivity contribution in [2.75, 3.05) is 26.2 Å². The van der Waals surface area contributed by atoms with Crippen molar-refractivity contribution in [2.24, 2.45) is 11.7 Å². The van der Waals surface area contributed by atoms with Crippen molar-refractivity contribution in [1.82, 2.24) is 9.80 Å². The highest BCUT2D eigenvalue weighted by Crippen LogP contribution is 2.28. The molecule has 1 aromatic carbocycles. The molecule has 0 radical (unpaired) electrons. The lowest BCUT2D eigenvalue weighted by atomic mass is 10.0. The van der Waals surface area contributed by atoms with Gasteiger partial charge in [0.2, 0.25) is 11.8 Å². The summed E-state index contributed by atoms with van der Waals surface area (Å²) in [6.45, 7) is 2.62. The Morgan fingerprint density at radius 1 is 0.962 bits per heavy atom. The van der Waals surface area contributed by atoms with Crippen molar-refractivity contribution in [2.45, 2.75) is 44.6 Å². The lowest BCUT2D eigenvalue weighted by Crippen LogP contribution is -2.41. The molecule has 144 valence electrons. The van der Waals surface area contributed by atoms with Crippen LogP contribution in [0.5, 0.6) is 0 Å². The highest BCUT2D eigenvalue weighted by molar-refractivity contribution is 5.85. The maximum atomic E-state index is 12.7. The summed E-state index contributed by atoms with van der Waals surface area (Å²) in [5.41, 5.74) is 6.99. The molecule has 26 heavy (non-hydrogen) atoms. The fourth-order valence-corrected chi connectivity index (χ4v) is 3.98. The highest BCUT2D eigenvalue weighted by Gasteiger charge is 2.27. The summed E-state index contributed by atoms with van der Waals surface area (Å²) in [5.74, 6) is 0.782. The summed E-state index contributed by atoms with van der Waals surface area (Å²) in [6.07, 6.45) is 6.41. The number of hydrogen-bond acceptors (Lipinski definition) is 3. The number of halogens is 1. The molecule has 1 saturated heterocycles. The average molecular weight is 380 g/mol. The smallest absolute Gasteiger partial charge is 0.244 e. The van der Waals surface area contributed by atoms with E-state index in [2.05, 4.69) is 0 Å². The number of amides is 2. The number of benzene rings is 1. The van der Waals surface area contributed by atoms with E-state index < -0.39 is 6.04 Å². The first-order valence-corrected chi connectivity index (χ1v) is 9.52. The van der Waals surface area contributed by atoms with E-state index in [1.165, 1.54) is 25.7 Å². The molecule has 5 nitrogen and oxygen atoms in total. The summed E-state index contributed by atoms with van der Waals surface area (Å²) in [6, 6.07) is 8.86. The lowest BCUT2D eigenvalue weighted by molar-refractivity contribution is -0.134. The fourth-order valence-electron chi connectivity index (χ4n) is 3.98. The fraction of sp³-hybridized carbons (Fsp3) is 0.600. The van der Waals surface area contributed by atoms with Gasteiger partial charge in [0.1, 0.15) is 6.04 Å². The SMILES string of the molecule is Cl.NC(C(=O)N1CCCN(C(=O)CC2CCCC2)CC1)c1ccccc1. The first-order chi connectivity index (χ1) is 12.1. The number of hydrogen-bond donors (Lipinski definition) is 1. The first-order valence-electron chi connectivity index (χ1n) is 9.52. The van der Waals surface area contributed by atoms with Crippen LogP contribution in [-0.2, 0) is 9.59 Å². The van der Waals surface area contributed by atoms with E-state index in [0.29, 0.717) is 32.0 Å². The molecule has 2 amide bonds. The molecule has 0 spiro atoms. The molecule has 1 unspecified atom stereocenters. The highest BCUT2D eigenvalue weighted by atomic mass is 35.5. The molecule has 2 fully saturated rings. The molecular weight excluding hydrogens is 350 g/mol. The predicted octanol–water partition coefficient (Wildman–Crippen LogP) is 2.75. The van der Waals surface area contributed by atoms with Crippen molar-refractivity contribution in [3.63, 3.8) is 0 Å². The number of carbonyl (C=O) groups excluding carboxylic acids is 2. The summed E-state index contributed by atoms with van der Waals surface area (Å²) < 4.78 is 0. The van der Waals surface area contributed by atoms with Crippen molar-refractivity contribution >= 4 is 24.2 Å². The molecule has 1 heterocycles. The second kappa shape index (κ2) is 9.93. The maximum Gasteiger partial charge on any atom is 0.244 e. The molecule has 3 rings (SSSR count). The van der Waals surface area contributed by atoms with Crippen molar-refractivity contribution in [3.05, 3.63) is 35.9 Å². The summed E-state index contributed by atoms with van der Waals surface area (Å²) >= 11 is 0. The molecule has 1 aromatic rings. The van der Waals surface area contributed by atoms with Crippen LogP contribution in [0, 0.1) is 5.92 Å². The van der Waals surface area contributed by atoms with Gasteiger partial charge < -0.3 is 15.5 Å². The van der Waals surface area contributed by atoms with Crippen LogP contribution in [0.3, 0.4) is 0 Å². The Labute approximate surface area is 162 Å². The Morgan fingerprint density at radius 2 is 1.58 bits per heavy atom. The van der Waals surface area contributed by atoms with E-state index in [1.807, 2.05) is 40.1 Å². The minimum atomic E-state index is -0.623. The molecule has 1 atom stereocenters. The third-order valence-corrected chi connectivity index (χ3v) is 5.52. The summed E-state index contributed by atoms with van der Waals surface area (Å²) in [7, 11) is 0. The quantitative estimate of drug-likeness (QED) is 0.874. The van der Waals surface area contributed by atoms with Gasteiger partial charge in [-0.1, -0.05) is 43.2 Å². The number of carbonyl (C=O) groups is 2. The second-order valence-corrected chi connectivity index (χ2v) is 7.30. The van der Waals surface area contributed by atoms with Crippen LogP contribution >= 0.6 is 12.4 Å². The zero-order chi connectivity index (χ0) is 17.6. The zero-order valence-corrected chi connectivity index (χ0v) is 16.1. The Kier molecular flexibility index (Phi) is 7.91. The minimum Gasteiger partial charge on any atom is -0.341 e. The molecular formula is C20H30ClN3O2. The van der Waals surface area contributed by atoms with Crippen molar-refractivity contribution in [1.29, 1.82) is 0 Å². The van der Waals surface area contributed by atoms with E-state index in [9.17, 15) is 9.59 Å².